The first-order valence-corrected chi connectivity index (χ1v) is 8.87. The van der Waals surface area contributed by atoms with Crippen molar-refractivity contribution in [2.45, 2.75) is 19.8 Å². The molecule has 6 nitrogen and oxygen atoms in total. The number of benzene rings is 1. The van der Waals surface area contributed by atoms with Gasteiger partial charge in [0.25, 0.3) is 11.1 Å². The molecule has 1 amide bonds. The van der Waals surface area contributed by atoms with Crippen LogP contribution in [0.4, 0.5) is 0 Å². The van der Waals surface area contributed by atoms with Crippen molar-refractivity contribution in [2.75, 3.05) is 26.3 Å². The molecular formula is C17H21N3O3S. The van der Waals surface area contributed by atoms with Crippen LogP contribution in [0.5, 0.6) is 10.9 Å². The smallest absolute Gasteiger partial charge is 0.293 e. The highest BCUT2D eigenvalue weighted by atomic mass is 32.1. The molecule has 0 aliphatic carbocycles. The molecule has 2 heterocycles. The molecule has 128 valence electrons. The fourth-order valence-corrected chi connectivity index (χ4v) is 3.25. The average molecular weight is 347 g/mol. The number of likely N-dealkylation sites (tertiary alicyclic amines) is 1. The summed E-state index contributed by atoms with van der Waals surface area (Å²) in [4.78, 5) is 18.3. The molecule has 0 N–H and O–H groups in total. The number of aromatic nitrogens is 2. The molecular weight excluding hydrogens is 326 g/mol. The maximum absolute atomic E-state index is 12.3. The molecule has 1 unspecified atom stereocenters. The van der Waals surface area contributed by atoms with Crippen LogP contribution < -0.4 is 9.47 Å². The molecule has 1 aliphatic heterocycles. The minimum atomic E-state index is -0.00716. The second kappa shape index (κ2) is 8.10. The van der Waals surface area contributed by atoms with Crippen LogP contribution in [0.15, 0.2) is 30.3 Å². The number of nitrogens with zero attached hydrogens (tertiary/aromatic N) is 3. The lowest BCUT2D eigenvalue weighted by molar-refractivity contribution is -0.135. The minimum absolute atomic E-state index is 0.00716. The van der Waals surface area contributed by atoms with E-state index in [0.717, 1.165) is 25.1 Å². The van der Waals surface area contributed by atoms with E-state index in [-0.39, 0.29) is 12.5 Å². The quantitative estimate of drug-likeness (QED) is 0.803. The SMILES string of the molecule is Cc1nsc(OCC(=O)N2CCCC(COc3ccccc3)C2)n1. The number of rotatable bonds is 6. The number of carbonyl (C=O) groups is 1. The maximum atomic E-state index is 12.3. The van der Waals surface area contributed by atoms with Gasteiger partial charge in [0.1, 0.15) is 11.6 Å². The number of aryl methyl sites for hydroxylation is 1. The Balaban J connectivity index is 1.45. The van der Waals surface area contributed by atoms with Gasteiger partial charge < -0.3 is 14.4 Å². The van der Waals surface area contributed by atoms with Crippen LogP contribution in [0, 0.1) is 12.8 Å². The fraction of sp³-hybridized carbons (Fsp3) is 0.471. The Morgan fingerprint density at radius 2 is 2.17 bits per heavy atom. The summed E-state index contributed by atoms with van der Waals surface area (Å²) >= 11 is 1.17. The molecule has 1 aromatic heterocycles. The zero-order chi connectivity index (χ0) is 16.8. The van der Waals surface area contributed by atoms with E-state index in [1.165, 1.54) is 11.5 Å². The van der Waals surface area contributed by atoms with Crippen LogP contribution in [0.1, 0.15) is 18.7 Å². The Morgan fingerprint density at radius 1 is 1.33 bits per heavy atom. The summed E-state index contributed by atoms with van der Waals surface area (Å²) in [6.45, 7) is 3.93. The summed E-state index contributed by atoms with van der Waals surface area (Å²) in [7, 11) is 0. The van der Waals surface area contributed by atoms with Gasteiger partial charge in [0.05, 0.1) is 6.61 Å². The molecule has 0 spiro atoms. The van der Waals surface area contributed by atoms with Gasteiger partial charge in [-0.05, 0) is 31.9 Å². The summed E-state index contributed by atoms with van der Waals surface area (Å²) in [5, 5.41) is 0.446. The molecule has 24 heavy (non-hydrogen) atoms. The van der Waals surface area contributed by atoms with Gasteiger partial charge in [0.2, 0.25) is 0 Å². The molecule has 3 rings (SSSR count). The van der Waals surface area contributed by atoms with Gasteiger partial charge in [-0.1, -0.05) is 18.2 Å². The summed E-state index contributed by atoms with van der Waals surface area (Å²) in [6.07, 6.45) is 2.07. The number of carbonyl (C=O) groups excluding carboxylic acids is 1. The lowest BCUT2D eigenvalue weighted by Gasteiger charge is -2.32. The molecule has 7 heteroatoms. The first-order chi connectivity index (χ1) is 11.7. The standard InChI is InChI=1S/C17H21N3O3S/c1-13-18-17(24-19-13)23-12-16(21)20-9-5-6-14(10-20)11-22-15-7-3-2-4-8-15/h2-4,7-8,14H,5-6,9-12H2,1H3. The van der Waals surface area contributed by atoms with E-state index in [4.69, 9.17) is 9.47 Å². The molecule has 1 aromatic carbocycles. The van der Waals surface area contributed by atoms with Gasteiger partial charge in [-0.2, -0.15) is 9.36 Å². The van der Waals surface area contributed by atoms with E-state index in [0.29, 0.717) is 30.1 Å². The lowest BCUT2D eigenvalue weighted by Crippen LogP contribution is -2.43. The van der Waals surface area contributed by atoms with Crippen molar-refractivity contribution in [1.29, 1.82) is 0 Å². The van der Waals surface area contributed by atoms with E-state index >= 15 is 0 Å². The Morgan fingerprint density at radius 3 is 2.92 bits per heavy atom. The highest BCUT2D eigenvalue weighted by Crippen LogP contribution is 2.19. The van der Waals surface area contributed by atoms with Gasteiger partial charge in [0, 0.05) is 30.5 Å². The van der Waals surface area contributed by atoms with E-state index in [9.17, 15) is 4.79 Å². The summed E-state index contributed by atoms with van der Waals surface area (Å²) < 4.78 is 15.3. The molecule has 0 radical (unpaired) electrons. The second-order valence-electron chi connectivity index (χ2n) is 5.87. The largest absolute Gasteiger partial charge is 0.493 e. The van der Waals surface area contributed by atoms with Crippen molar-refractivity contribution in [1.82, 2.24) is 14.3 Å². The Kier molecular flexibility index (Phi) is 5.63. The van der Waals surface area contributed by atoms with Crippen molar-refractivity contribution in [2.24, 2.45) is 5.92 Å². The number of para-hydroxylation sites is 1. The first kappa shape index (κ1) is 16.7. The Labute approximate surface area is 145 Å². The zero-order valence-electron chi connectivity index (χ0n) is 13.7. The molecule has 1 saturated heterocycles. The summed E-state index contributed by atoms with van der Waals surface area (Å²) in [6, 6.07) is 9.78. The number of ether oxygens (including phenoxy) is 2. The predicted octanol–water partition coefficient (Wildman–Crippen LogP) is 2.54. The number of hydrogen-bond acceptors (Lipinski definition) is 6. The van der Waals surface area contributed by atoms with Gasteiger partial charge in [-0.15, -0.1) is 0 Å². The Hall–Kier alpha value is -2.15. The normalized spacial score (nSPS) is 17.5. The summed E-state index contributed by atoms with van der Waals surface area (Å²) in [5.74, 6) is 1.88. The summed E-state index contributed by atoms with van der Waals surface area (Å²) in [5.41, 5.74) is 0. The third-order valence-corrected chi connectivity index (χ3v) is 4.65. The highest BCUT2D eigenvalue weighted by molar-refractivity contribution is 7.07. The maximum Gasteiger partial charge on any atom is 0.293 e. The topological polar surface area (TPSA) is 64.5 Å². The molecule has 1 aliphatic rings. The fourth-order valence-electron chi connectivity index (χ4n) is 2.71. The molecule has 1 fully saturated rings. The van der Waals surface area contributed by atoms with Crippen LogP contribution in [-0.2, 0) is 4.79 Å². The van der Waals surface area contributed by atoms with Crippen molar-refractivity contribution in [3.05, 3.63) is 36.2 Å². The molecule has 1 atom stereocenters. The molecule has 2 aromatic rings. The third kappa shape index (κ3) is 4.67. The van der Waals surface area contributed by atoms with E-state index in [1.807, 2.05) is 35.2 Å². The van der Waals surface area contributed by atoms with E-state index in [1.54, 1.807) is 6.92 Å². The van der Waals surface area contributed by atoms with Crippen molar-refractivity contribution in [3.63, 3.8) is 0 Å². The minimum Gasteiger partial charge on any atom is -0.493 e. The van der Waals surface area contributed by atoms with E-state index < -0.39 is 0 Å². The van der Waals surface area contributed by atoms with Crippen molar-refractivity contribution in [3.8, 4) is 10.9 Å². The number of piperidine rings is 1. The third-order valence-electron chi connectivity index (χ3n) is 3.93. The average Bonchev–Trinajstić information content (AvgIpc) is 3.04. The number of hydrogen-bond donors (Lipinski definition) is 0. The monoisotopic (exact) mass is 347 g/mol. The predicted molar refractivity (Wildman–Crippen MR) is 91.4 cm³/mol. The zero-order valence-corrected chi connectivity index (χ0v) is 14.5. The van der Waals surface area contributed by atoms with Crippen LogP contribution in [0.3, 0.4) is 0 Å². The van der Waals surface area contributed by atoms with Crippen molar-refractivity contribution >= 4 is 17.4 Å². The van der Waals surface area contributed by atoms with Gasteiger partial charge >= 0.3 is 0 Å². The van der Waals surface area contributed by atoms with E-state index in [2.05, 4.69) is 9.36 Å². The second-order valence-corrected chi connectivity index (χ2v) is 6.58. The van der Waals surface area contributed by atoms with Gasteiger partial charge in [-0.25, -0.2) is 0 Å². The molecule has 0 bridgehead atoms. The highest BCUT2D eigenvalue weighted by Gasteiger charge is 2.24. The van der Waals surface area contributed by atoms with Crippen LogP contribution >= 0.6 is 11.5 Å². The Bertz CT molecular complexity index is 662. The first-order valence-electron chi connectivity index (χ1n) is 8.09. The van der Waals surface area contributed by atoms with Crippen LogP contribution in [0.2, 0.25) is 0 Å². The van der Waals surface area contributed by atoms with Crippen molar-refractivity contribution < 1.29 is 14.3 Å². The molecule has 0 saturated carbocycles. The van der Waals surface area contributed by atoms with Crippen LogP contribution in [0.25, 0.3) is 0 Å². The van der Waals surface area contributed by atoms with Gasteiger partial charge in [0.15, 0.2) is 6.61 Å². The lowest BCUT2D eigenvalue weighted by atomic mass is 9.99. The number of amides is 1. The van der Waals surface area contributed by atoms with Crippen LogP contribution in [-0.4, -0.2) is 46.5 Å². The van der Waals surface area contributed by atoms with Gasteiger partial charge in [-0.3, -0.25) is 4.79 Å².